The van der Waals surface area contributed by atoms with Crippen LogP contribution in [0.5, 0.6) is 0 Å². The molecule has 6 fully saturated rings. The van der Waals surface area contributed by atoms with Crippen molar-refractivity contribution in [1.29, 1.82) is 0 Å². The van der Waals surface area contributed by atoms with Gasteiger partial charge in [-0.2, -0.15) is 0 Å². The predicted molar refractivity (Wildman–Crippen MR) is 192 cm³/mol. The summed E-state index contributed by atoms with van der Waals surface area (Å²) in [4.78, 5) is 13.5. The summed E-state index contributed by atoms with van der Waals surface area (Å²) in [7, 11) is 1.63. The van der Waals surface area contributed by atoms with Gasteiger partial charge in [0.2, 0.25) is 0 Å². The minimum absolute atomic E-state index is 0.00217. The highest BCUT2D eigenvalue weighted by atomic mass is 16.7. The summed E-state index contributed by atoms with van der Waals surface area (Å²) >= 11 is 0. The van der Waals surface area contributed by atoms with E-state index in [0.717, 1.165) is 36.8 Å². The molecule has 8 rings (SSSR count). The van der Waals surface area contributed by atoms with E-state index < -0.39 is 66.7 Å². The number of aliphatic hydroxyl groups excluding tert-OH is 2. The first-order chi connectivity index (χ1) is 25.8. The molecule has 0 radical (unpaired) electrons. The van der Waals surface area contributed by atoms with Gasteiger partial charge >= 0.3 is 5.97 Å². The van der Waals surface area contributed by atoms with E-state index in [4.69, 9.17) is 42.6 Å². The van der Waals surface area contributed by atoms with Crippen LogP contribution in [0.1, 0.15) is 85.0 Å². The zero-order valence-corrected chi connectivity index (χ0v) is 32.1. The van der Waals surface area contributed by atoms with Crippen molar-refractivity contribution < 1.29 is 62.7 Å². The Morgan fingerprint density at radius 3 is 2.56 bits per heavy atom. The standard InChI is InChI=1S/C41H60O13/c1-19-11-26-13-28(27-12-24(7-9-30(19)49-26)47-22(4)20(27)2)41(45)17-35(46-6)32-16-34(54-41)40-31(51-32)10-8-25(50-40)14-37(44)53-38-21(3)39-33(48-23(38)5)15-29(43)36(18-42)52-39/h16,21-31,33-36,38-40,42-43,45H,1-2,7-15,17-18H2,3-6H3/t21-,22-,23+,24+,25-,26-,27-,28?,29-,30+,31+,33+,34-,35-,36-,38-,39+,40+,41-/m1/s1. The minimum Gasteiger partial charge on any atom is -0.489 e. The Bertz CT molecular complexity index is 1450. The van der Waals surface area contributed by atoms with E-state index in [-0.39, 0.29) is 73.8 Å². The van der Waals surface area contributed by atoms with E-state index in [9.17, 15) is 20.1 Å². The van der Waals surface area contributed by atoms with Crippen LogP contribution in [0.3, 0.4) is 0 Å². The molecule has 8 aliphatic heterocycles. The normalized spacial score (nSPS) is 50.5. The molecule has 13 heteroatoms. The van der Waals surface area contributed by atoms with E-state index >= 15 is 0 Å². The van der Waals surface area contributed by atoms with Crippen molar-refractivity contribution in [1.82, 2.24) is 0 Å². The Balaban J connectivity index is 0.983. The Hall–Kier alpha value is -1.91. The lowest BCUT2D eigenvalue weighted by Gasteiger charge is -2.49. The maximum Gasteiger partial charge on any atom is 0.308 e. The lowest BCUT2D eigenvalue weighted by atomic mass is 9.70. The predicted octanol–water partition coefficient (Wildman–Crippen LogP) is 3.41. The molecular formula is C41H60O13. The third-order valence-corrected chi connectivity index (χ3v) is 13.7. The topological polar surface area (TPSA) is 161 Å². The fraction of sp³-hybridized carbons (Fsp3) is 0.829. The molecule has 0 aromatic carbocycles. The fourth-order valence-electron chi connectivity index (χ4n) is 10.8. The molecule has 8 aliphatic rings. The molecule has 0 amide bonds. The zero-order valence-electron chi connectivity index (χ0n) is 32.1. The van der Waals surface area contributed by atoms with Crippen LogP contribution in [-0.4, -0.2) is 132 Å². The average Bonchev–Trinajstić information content (AvgIpc) is 3.43. The molecule has 0 spiro atoms. The van der Waals surface area contributed by atoms with Crippen molar-refractivity contribution in [3.05, 3.63) is 36.1 Å². The van der Waals surface area contributed by atoms with Gasteiger partial charge in [-0.05, 0) is 81.9 Å². The van der Waals surface area contributed by atoms with Crippen LogP contribution in [0, 0.1) is 17.8 Å². The fourth-order valence-corrected chi connectivity index (χ4v) is 10.8. The van der Waals surface area contributed by atoms with Gasteiger partial charge in [0.15, 0.2) is 5.79 Å². The van der Waals surface area contributed by atoms with Crippen molar-refractivity contribution in [2.24, 2.45) is 17.8 Å². The van der Waals surface area contributed by atoms with Gasteiger partial charge in [-0.3, -0.25) is 4.79 Å². The van der Waals surface area contributed by atoms with E-state index in [2.05, 4.69) is 13.2 Å². The molecule has 54 heavy (non-hydrogen) atoms. The Morgan fingerprint density at radius 1 is 0.963 bits per heavy atom. The summed E-state index contributed by atoms with van der Waals surface area (Å²) in [6.07, 6.45) is 1.19. The highest BCUT2D eigenvalue weighted by Gasteiger charge is 2.56. The number of esters is 1. The second-order valence-corrected chi connectivity index (χ2v) is 17.2. The summed E-state index contributed by atoms with van der Waals surface area (Å²) in [5.74, 6) is -2.10. The van der Waals surface area contributed by atoms with Crippen LogP contribution in [0.2, 0.25) is 0 Å². The molecule has 0 saturated carbocycles. The Morgan fingerprint density at radius 2 is 1.78 bits per heavy atom. The van der Waals surface area contributed by atoms with Crippen LogP contribution in [0.4, 0.5) is 0 Å². The summed E-state index contributed by atoms with van der Waals surface area (Å²) in [6.45, 7) is 14.4. The number of methoxy groups -OCH3 is 1. The Kier molecular flexibility index (Phi) is 11.1. The van der Waals surface area contributed by atoms with Gasteiger partial charge in [0.05, 0.1) is 68.0 Å². The second kappa shape index (κ2) is 15.4. The molecule has 13 nitrogen and oxygen atoms in total. The van der Waals surface area contributed by atoms with Gasteiger partial charge in [0.1, 0.15) is 42.4 Å². The number of aliphatic hydroxyl groups is 3. The summed E-state index contributed by atoms with van der Waals surface area (Å²) in [6, 6.07) is 0. The molecule has 0 aliphatic carbocycles. The van der Waals surface area contributed by atoms with E-state index in [1.165, 1.54) is 0 Å². The highest BCUT2D eigenvalue weighted by molar-refractivity contribution is 5.70. The first kappa shape index (κ1) is 38.9. The van der Waals surface area contributed by atoms with Crippen LogP contribution < -0.4 is 0 Å². The van der Waals surface area contributed by atoms with Crippen LogP contribution in [0.25, 0.3) is 0 Å². The van der Waals surface area contributed by atoms with E-state index in [1.54, 1.807) is 7.11 Å². The van der Waals surface area contributed by atoms with Gasteiger partial charge in [0.25, 0.3) is 0 Å². The first-order valence-corrected chi connectivity index (χ1v) is 20.3. The molecule has 8 heterocycles. The minimum atomic E-state index is -1.65. The summed E-state index contributed by atoms with van der Waals surface area (Å²) < 4.78 is 57.3. The maximum atomic E-state index is 13.5. The van der Waals surface area contributed by atoms with Gasteiger partial charge < -0.3 is 58.0 Å². The second-order valence-electron chi connectivity index (χ2n) is 17.2. The van der Waals surface area contributed by atoms with Gasteiger partial charge in [0, 0.05) is 31.8 Å². The van der Waals surface area contributed by atoms with Gasteiger partial charge in [-0.1, -0.05) is 20.1 Å². The van der Waals surface area contributed by atoms with Gasteiger partial charge in [-0.25, -0.2) is 0 Å². The SMILES string of the molecule is C=C1C[C@@H]2CC([C@@]3(O)C[C@@H](OC)C4=C[C@@H](O3)[C@H]3O[C@@H](CC(=O)O[C@@H]5[C@@H](C)[C@@H]6O[C@H](CO)[C@H](O)C[C@@H]6O[C@H]5C)CC[C@@H]3O4)[C@@H]3C[C@H](CC[C@@H]1O2)O[C@H](C)C3=C. The summed E-state index contributed by atoms with van der Waals surface area (Å²) in [5, 5.41) is 33.0. The molecule has 1 unspecified atom stereocenters. The average molecular weight is 761 g/mol. The smallest absolute Gasteiger partial charge is 0.308 e. The molecule has 302 valence electrons. The number of fused-ring (bicyclic) bond motifs is 8. The number of ether oxygens (including phenoxy) is 9. The number of hydrogen-bond acceptors (Lipinski definition) is 13. The largest absolute Gasteiger partial charge is 0.489 e. The van der Waals surface area contributed by atoms with Crippen LogP contribution in [-0.2, 0) is 47.4 Å². The molecule has 0 aromatic rings. The molecule has 0 aromatic heterocycles. The third kappa shape index (κ3) is 7.36. The highest BCUT2D eigenvalue weighted by Crippen LogP contribution is 2.51. The zero-order chi connectivity index (χ0) is 38.1. The van der Waals surface area contributed by atoms with E-state index in [1.807, 2.05) is 26.8 Å². The lowest BCUT2D eigenvalue weighted by molar-refractivity contribution is -0.296. The van der Waals surface area contributed by atoms with Crippen molar-refractivity contribution in [3.63, 3.8) is 0 Å². The lowest BCUT2D eigenvalue weighted by Crippen LogP contribution is -2.60. The molecule has 19 atom stereocenters. The summed E-state index contributed by atoms with van der Waals surface area (Å²) in [5.41, 5.74) is 2.04. The number of carbonyl (C=O) groups excluding carboxylic acids is 1. The van der Waals surface area contributed by atoms with Crippen molar-refractivity contribution in [2.75, 3.05) is 13.7 Å². The quantitative estimate of drug-likeness (QED) is 0.267. The third-order valence-electron chi connectivity index (χ3n) is 13.7. The van der Waals surface area contributed by atoms with Gasteiger partial charge in [-0.15, -0.1) is 0 Å². The van der Waals surface area contributed by atoms with Crippen molar-refractivity contribution in [3.8, 4) is 0 Å². The Labute approximate surface area is 318 Å². The van der Waals surface area contributed by atoms with Crippen LogP contribution in [0.15, 0.2) is 36.1 Å². The molecule has 6 bridgehead atoms. The number of hydrogen-bond donors (Lipinski definition) is 3. The maximum absolute atomic E-state index is 13.5. The van der Waals surface area contributed by atoms with Crippen molar-refractivity contribution >= 4 is 5.97 Å². The van der Waals surface area contributed by atoms with Crippen molar-refractivity contribution in [2.45, 2.75) is 182 Å². The molecular weight excluding hydrogens is 700 g/mol. The monoisotopic (exact) mass is 760 g/mol. The van der Waals surface area contributed by atoms with Crippen LogP contribution >= 0.6 is 0 Å². The molecule has 6 saturated heterocycles. The van der Waals surface area contributed by atoms with E-state index in [0.29, 0.717) is 31.4 Å². The first-order valence-electron chi connectivity index (χ1n) is 20.3. The number of carbonyl (C=O) groups is 1. The molecule has 3 N–H and O–H groups in total. The number of rotatable bonds is 6.